The summed E-state index contributed by atoms with van der Waals surface area (Å²) >= 11 is 0. The number of nitrogens with zero attached hydrogens (tertiary/aromatic N) is 1. The molecule has 0 aromatic heterocycles. The molecule has 1 saturated heterocycles. The van der Waals surface area contributed by atoms with Crippen molar-refractivity contribution in [3.8, 4) is 0 Å². The normalized spacial score (nSPS) is 17.1. The monoisotopic (exact) mass is 277 g/mol. The molecule has 1 heterocycles. The van der Waals surface area contributed by atoms with Crippen molar-refractivity contribution in [2.24, 2.45) is 0 Å². The van der Waals surface area contributed by atoms with E-state index in [0.29, 0.717) is 0 Å². The van der Waals surface area contributed by atoms with E-state index in [2.05, 4.69) is 24.3 Å². The first kappa shape index (κ1) is 14.9. The minimum absolute atomic E-state index is 0.184. The second kappa shape index (κ2) is 6.27. The minimum atomic E-state index is -0.412. The molecule has 1 amide bonds. The van der Waals surface area contributed by atoms with E-state index in [4.69, 9.17) is 4.74 Å². The molecule has 110 valence electrons. The number of hydrogen-bond donors (Lipinski definition) is 1. The largest absolute Gasteiger partial charge is 0.444 e. The number of rotatable bonds is 2. The zero-order valence-corrected chi connectivity index (χ0v) is 12.7. The highest BCUT2D eigenvalue weighted by Gasteiger charge is 2.27. The Labute approximate surface area is 121 Å². The van der Waals surface area contributed by atoms with Gasteiger partial charge in [-0.25, -0.2) is 4.79 Å². The van der Waals surface area contributed by atoms with Crippen molar-refractivity contribution in [1.82, 2.24) is 4.90 Å². The summed E-state index contributed by atoms with van der Waals surface area (Å²) in [7, 11) is 0. The van der Waals surface area contributed by atoms with Gasteiger partial charge >= 0.3 is 6.09 Å². The number of nitrogens with one attached hydrogen (secondary N) is 1. The molecule has 1 fully saturated rings. The van der Waals surface area contributed by atoms with Crippen LogP contribution in [0.3, 0.4) is 0 Å². The first-order valence-electron chi connectivity index (χ1n) is 7.29. The average Bonchev–Trinajstić information content (AvgIpc) is 2.39. The molecule has 4 nitrogen and oxygen atoms in total. The molecule has 20 heavy (non-hydrogen) atoms. The van der Waals surface area contributed by atoms with Crippen molar-refractivity contribution < 1.29 is 14.4 Å². The third-order valence-corrected chi connectivity index (χ3v) is 3.42. The third kappa shape index (κ3) is 4.53. The quantitative estimate of drug-likeness (QED) is 0.885. The van der Waals surface area contributed by atoms with Gasteiger partial charge < -0.3 is 9.64 Å². The SMILES string of the molecule is CC(C)(C)OC(=O)N1CC[NH+](Cc2ccccc2)CC1. The van der Waals surface area contributed by atoms with Crippen LogP contribution in [0, 0.1) is 0 Å². The van der Waals surface area contributed by atoms with Gasteiger partial charge in [-0.15, -0.1) is 0 Å². The molecule has 0 saturated carbocycles. The molecule has 1 aliphatic heterocycles. The van der Waals surface area contributed by atoms with Crippen LogP contribution >= 0.6 is 0 Å². The van der Waals surface area contributed by atoms with Crippen LogP contribution in [0.2, 0.25) is 0 Å². The van der Waals surface area contributed by atoms with Crippen LogP contribution in [0.25, 0.3) is 0 Å². The predicted molar refractivity (Wildman–Crippen MR) is 78.6 cm³/mol. The summed E-state index contributed by atoms with van der Waals surface area (Å²) in [4.78, 5) is 15.3. The highest BCUT2D eigenvalue weighted by molar-refractivity contribution is 5.68. The topological polar surface area (TPSA) is 34.0 Å². The Morgan fingerprint density at radius 1 is 1.20 bits per heavy atom. The summed E-state index contributed by atoms with van der Waals surface area (Å²) in [5.41, 5.74) is 0.943. The molecule has 1 aliphatic rings. The van der Waals surface area contributed by atoms with Gasteiger partial charge in [-0.3, -0.25) is 4.90 Å². The maximum Gasteiger partial charge on any atom is 0.410 e. The Morgan fingerprint density at radius 3 is 2.35 bits per heavy atom. The molecule has 0 atom stereocenters. The van der Waals surface area contributed by atoms with Gasteiger partial charge in [0.1, 0.15) is 12.1 Å². The van der Waals surface area contributed by atoms with Gasteiger partial charge in [0, 0.05) is 5.56 Å². The van der Waals surface area contributed by atoms with E-state index in [1.807, 2.05) is 31.7 Å². The summed E-state index contributed by atoms with van der Waals surface area (Å²) in [6.45, 7) is 10.3. The maximum absolute atomic E-state index is 12.0. The van der Waals surface area contributed by atoms with Crippen molar-refractivity contribution >= 4 is 6.09 Å². The number of quaternary nitrogens is 1. The van der Waals surface area contributed by atoms with Gasteiger partial charge in [-0.1, -0.05) is 30.3 Å². The van der Waals surface area contributed by atoms with E-state index in [1.165, 1.54) is 10.5 Å². The second-order valence-corrected chi connectivity index (χ2v) is 6.38. The van der Waals surface area contributed by atoms with Gasteiger partial charge in [-0.05, 0) is 20.8 Å². The molecule has 4 heteroatoms. The third-order valence-electron chi connectivity index (χ3n) is 3.42. The molecular weight excluding hydrogens is 252 g/mol. The van der Waals surface area contributed by atoms with Crippen LogP contribution in [0.15, 0.2) is 30.3 Å². The lowest BCUT2D eigenvalue weighted by Crippen LogP contribution is -3.13. The Bertz CT molecular complexity index is 432. The zero-order chi connectivity index (χ0) is 14.6. The molecule has 1 aromatic rings. The summed E-state index contributed by atoms with van der Waals surface area (Å²) < 4.78 is 5.41. The Balaban J connectivity index is 1.79. The number of benzene rings is 1. The fourth-order valence-corrected chi connectivity index (χ4v) is 2.39. The summed E-state index contributed by atoms with van der Waals surface area (Å²) in [6, 6.07) is 10.5. The van der Waals surface area contributed by atoms with Crippen LogP contribution in [-0.2, 0) is 11.3 Å². The van der Waals surface area contributed by atoms with Crippen molar-refractivity contribution in [2.45, 2.75) is 32.9 Å². The number of amides is 1. The van der Waals surface area contributed by atoms with E-state index < -0.39 is 5.60 Å². The highest BCUT2D eigenvalue weighted by Crippen LogP contribution is 2.09. The van der Waals surface area contributed by atoms with E-state index in [0.717, 1.165) is 32.7 Å². The summed E-state index contributed by atoms with van der Waals surface area (Å²) in [5, 5.41) is 0. The standard InChI is InChI=1S/C16H24N2O2/c1-16(2,3)20-15(19)18-11-9-17(10-12-18)13-14-7-5-4-6-8-14/h4-8H,9-13H2,1-3H3/p+1. The molecule has 0 aliphatic carbocycles. The number of hydrogen-bond acceptors (Lipinski definition) is 2. The van der Waals surface area contributed by atoms with Crippen molar-refractivity contribution in [1.29, 1.82) is 0 Å². The Morgan fingerprint density at radius 2 is 1.80 bits per heavy atom. The van der Waals surface area contributed by atoms with Crippen LogP contribution in [0.5, 0.6) is 0 Å². The Kier molecular flexibility index (Phi) is 4.65. The number of carbonyl (C=O) groups excluding carboxylic acids is 1. The fraction of sp³-hybridized carbons (Fsp3) is 0.562. The molecule has 0 spiro atoms. The van der Waals surface area contributed by atoms with Crippen LogP contribution in [0.1, 0.15) is 26.3 Å². The molecular formula is C16H25N2O2+. The van der Waals surface area contributed by atoms with E-state index in [9.17, 15) is 4.79 Å². The summed E-state index contributed by atoms with van der Waals surface area (Å²) in [5.74, 6) is 0. The lowest BCUT2D eigenvalue weighted by atomic mass is 10.2. The van der Waals surface area contributed by atoms with Crippen LogP contribution in [0.4, 0.5) is 4.79 Å². The van der Waals surface area contributed by atoms with Crippen LogP contribution in [-0.4, -0.2) is 42.8 Å². The predicted octanol–water partition coefficient (Wildman–Crippen LogP) is 1.32. The molecule has 2 rings (SSSR count). The van der Waals surface area contributed by atoms with E-state index >= 15 is 0 Å². The molecule has 1 aromatic carbocycles. The second-order valence-electron chi connectivity index (χ2n) is 6.38. The lowest BCUT2D eigenvalue weighted by Gasteiger charge is -2.33. The van der Waals surface area contributed by atoms with Crippen molar-refractivity contribution in [3.05, 3.63) is 35.9 Å². The van der Waals surface area contributed by atoms with Gasteiger partial charge in [0.2, 0.25) is 0 Å². The van der Waals surface area contributed by atoms with Gasteiger partial charge in [-0.2, -0.15) is 0 Å². The maximum atomic E-state index is 12.0. The highest BCUT2D eigenvalue weighted by atomic mass is 16.6. The molecule has 0 bridgehead atoms. The molecule has 1 N–H and O–H groups in total. The average molecular weight is 277 g/mol. The van der Waals surface area contributed by atoms with Crippen molar-refractivity contribution in [2.75, 3.05) is 26.2 Å². The number of ether oxygens (including phenoxy) is 1. The first-order valence-corrected chi connectivity index (χ1v) is 7.29. The first-order chi connectivity index (χ1) is 9.44. The number of piperazine rings is 1. The van der Waals surface area contributed by atoms with Crippen molar-refractivity contribution in [3.63, 3.8) is 0 Å². The smallest absolute Gasteiger partial charge is 0.410 e. The lowest BCUT2D eigenvalue weighted by molar-refractivity contribution is -0.917. The summed E-state index contributed by atoms with van der Waals surface area (Å²) in [6.07, 6.45) is -0.184. The van der Waals surface area contributed by atoms with Gasteiger partial charge in [0.25, 0.3) is 0 Å². The Hall–Kier alpha value is -1.55. The number of carbonyl (C=O) groups is 1. The minimum Gasteiger partial charge on any atom is -0.444 e. The zero-order valence-electron chi connectivity index (χ0n) is 12.7. The molecule has 0 unspecified atom stereocenters. The van der Waals surface area contributed by atoms with E-state index in [-0.39, 0.29) is 6.09 Å². The van der Waals surface area contributed by atoms with Gasteiger partial charge in [0.05, 0.1) is 26.2 Å². The molecule has 0 radical (unpaired) electrons. The van der Waals surface area contributed by atoms with Crippen LogP contribution < -0.4 is 4.90 Å². The van der Waals surface area contributed by atoms with Gasteiger partial charge in [0.15, 0.2) is 0 Å². The van der Waals surface area contributed by atoms with E-state index in [1.54, 1.807) is 0 Å². The fourth-order valence-electron chi connectivity index (χ4n) is 2.39.